The van der Waals surface area contributed by atoms with Gasteiger partial charge in [-0.05, 0) is 183 Å². The summed E-state index contributed by atoms with van der Waals surface area (Å²) in [6.07, 6.45) is 8.43. The summed E-state index contributed by atoms with van der Waals surface area (Å²) >= 11 is 0. The smallest absolute Gasteiger partial charge is 0.193 e. The van der Waals surface area contributed by atoms with Crippen LogP contribution in [0.5, 0.6) is 34.5 Å². The Hall–Kier alpha value is -7.35. The molecule has 6 aromatic rings. The number of phenols is 4. The first-order valence-electron chi connectivity index (χ1n) is 24.4. The van der Waals surface area contributed by atoms with Crippen LogP contribution in [0.3, 0.4) is 0 Å². The van der Waals surface area contributed by atoms with Gasteiger partial charge in [-0.3, -0.25) is 4.79 Å². The number of carbonyl (C=O) groups is 1. The minimum Gasteiger partial charge on any atom is -0.508 e. The molecular formula is C57H58N4O9. The molecular weight excluding hydrogens is 885 g/mol. The van der Waals surface area contributed by atoms with Crippen LogP contribution in [0.2, 0.25) is 0 Å². The number of aromatic hydroxyl groups is 4. The summed E-state index contributed by atoms with van der Waals surface area (Å²) < 4.78 is 13.1. The van der Waals surface area contributed by atoms with Crippen molar-refractivity contribution in [1.82, 2.24) is 10.6 Å². The molecule has 0 spiro atoms. The van der Waals surface area contributed by atoms with Gasteiger partial charge >= 0.3 is 0 Å². The quantitative estimate of drug-likeness (QED) is 0.0510. The second-order valence-electron chi connectivity index (χ2n) is 18.7. The third-order valence-electron chi connectivity index (χ3n) is 14.4. The van der Waals surface area contributed by atoms with E-state index in [1.54, 1.807) is 84.9 Å². The number of rotatable bonds is 16. The maximum Gasteiger partial charge on any atom is 0.193 e. The zero-order valence-corrected chi connectivity index (χ0v) is 39.0. The Morgan fingerprint density at radius 3 is 1.29 bits per heavy atom. The maximum atomic E-state index is 16.3. The second kappa shape index (κ2) is 20.3. The number of ketones is 1. The first-order valence-corrected chi connectivity index (χ1v) is 24.4. The maximum absolute atomic E-state index is 16.3. The number of piperidine rings is 2. The summed E-state index contributed by atoms with van der Waals surface area (Å²) in [7, 11) is 0. The fourth-order valence-corrected chi connectivity index (χ4v) is 10.6. The fourth-order valence-electron chi connectivity index (χ4n) is 10.6. The van der Waals surface area contributed by atoms with Crippen molar-refractivity contribution < 1.29 is 44.4 Å². The molecule has 10 rings (SSSR count). The lowest BCUT2D eigenvalue weighted by Gasteiger charge is -2.34. The molecule has 0 radical (unpaired) electrons. The Labute approximate surface area is 407 Å². The van der Waals surface area contributed by atoms with Crippen molar-refractivity contribution in [2.45, 2.75) is 74.3 Å². The van der Waals surface area contributed by atoms with Crippen LogP contribution in [0.1, 0.15) is 101 Å². The number of phenolic OH excluding ortho intramolecular Hbond substituents is 4. The molecule has 0 saturated carbocycles. The van der Waals surface area contributed by atoms with Crippen LogP contribution in [-0.2, 0) is 20.5 Å². The number of nitrogens with one attached hydrogen (secondary N) is 2. The molecule has 6 N–H and O–H groups in total. The van der Waals surface area contributed by atoms with E-state index < -0.39 is 10.8 Å². The summed E-state index contributed by atoms with van der Waals surface area (Å²) in [5.41, 5.74) is 3.04. The predicted molar refractivity (Wildman–Crippen MR) is 267 cm³/mol. The van der Waals surface area contributed by atoms with Crippen molar-refractivity contribution in [3.05, 3.63) is 178 Å². The number of hydrogen-bond donors (Lipinski definition) is 6. The normalized spacial score (nSPS) is 22.1. The van der Waals surface area contributed by atoms with Crippen LogP contribution < -0.4 is 20.1 Å². The molecule has 0 bridgehead atoms. The molecule has 4 heterocycles. The molecule has 360 valence electrons. The summed E-state index contributed by atoms with van der Waals surface area (Å²) in [4.78, 5) is 28.5. The van der Waals surface area contributed by atoms with Gasteiger partial charge in [-0.1, -0.05) is 47.4 Å². The van der Waals surface area contributed by atoms with Gasteiger partial charge in [0.05, 0.1) is 13.2 Å². The number of oxime groups is 2. The lowest BCUT2D eigenvalue weighted by Crippen LogP contribution is -2.41. The molecule has 13 nitrogen and oxygen atoms in total. The topological polar surface area (TPSA) is 184 Å². The van der Waals surface area contributed by atoms with E-state index in [0.717, 1.165) is 51.6 Å². The molecule has 0 aliphatic carbocycles. The molecule has 4 aliphatic heterocycles. The first kappa shape index (κ1) is 46.4. The molecule has 2 fully saturated rings. The monoisotopic (exact) mass is 942 g/mol. The first-order chi connectivity index (χ1) is 34.2. The van der Waals surface area contributed by atoms with Gasteiger partial charge in [0.15, 0.2) is 5.78 Å². The van der Waals surface area contributed by atoms with Gasteiger partial charge in [-0.15, -0.1) is 0 Å². The number of carbonyl (C=O) groups excluding carboxylic acids is 1. The van der Waals surface area contributed by atoms with E-state index >= 15 is 4.79 Å². The Kier molecular flexibility index (Phi) is 13.5. The molecule has 13 heteroatoms. The molecule has 70 heavy (non-hydrogen) atoms. The lowest BCUT2D eigenvalue weighted by molar-refractivity contribution is 0.103. The minimum atomic E-state index is -1.24. The highest BCUT2D eigenvalue weighted by Gasteiger charge is 2.51. The molecule has 2 saturated heterocycles. The van der Waals surface area contributed by atoms with Crippen LogP contribution in [-0.4, -0.2) is 89.2 Å². The van der Waals surface area contributed by atoms with E-state index in [1.165, 1.54) is 12.8 Å². The Morgan fingerprint density at radius 2 is 0.914 bits per heavy atom. The summed E-state index contributed by atoms with van der Waals surface area (Å²) in [5.74, 6) is 1.08. The second-order valence-corrected chi connectivity index (χ2v) is 18.7. The van der Waals surface area contributed by atoms with Crippen LogP contribution in [0, 0.1) is 0 Å². The van der Waals surface area contributed by atoms with Gasteiger partial charge in [-0.25, -0.2) is 0 Å². The number of ether oxygens (including phenoxy) is 2. The number of benzene rings is 6. The van der Waals surface area contributed by atoms with E-state index in [4.69, 9.17) is 19.1 Å². The molecule has 0 amide bonds. The van der Waals surface area contributed by atoms with E-state index in [9.17, 15) is 20.4 Å². The van der Waals surface area contributed by atoms with Crippen molar-refractivity contribution in [1.29, 1.82) is 0 Å². The number of nitrogens with zero attached hydrogens (tertiary/aromatic N) is 2. The van der Waals surface area contributed by atoms with Crippen LogP contribution >= 0.6 is 0 Å². The molecule has 6 aromatic carbocycles. The molecule has 4 aliphatic rings. The zero-order valence-electron chi connectivity index (χ0n) is 39.0. The third kappa shape index (κ3) is 9.26. The highest BCUT2D eigenvalue weighted by atomic mass is 16.6. The van der Waals surface area contributed by atoms with Gasteiger partial charge in [0.1, 0.15) is 70.0 Å². The standard InChI is InChI=1S/C57H58N4O9/c62-43-15-7-37(8-16-43)54-56(35-69-60-54,39-11-19-45(64)20-12-39)51-33-47(67-31-27-41-5-1-3-29-58-41)23-25-49(51)53(66)50-26-24-48(68-32-28-42-6-2-4-30-59-42)34-52(50)57(40-13-21-46(65)22-14-40)36-70-61-55(57)38-9-17-44(63)18-10-38/h7-26,33-34,41-42,58-59,62-65H,1-6,27-32,35-36H2. The number of hydrogen-bond acceptors (Lipinski definition) is 13. The van der Waals surface area contributed by atoms with E-state index in [2.05, 4.69) is 20.9 Å². The molecule has 0 aromatic heterocycles. The van der Waals surface area contributed by atoms with Crippen LogP contribution in [0.4, 0.5) is 0 Å². The summed E-state index contributed by atoms with van der Waals surface area (Å²) in [5, 5.41) is 58.6. The highest BCUT2D eigenvalue weighted by Crippen LogP contribution is 2.47. The van der Waals surface area contributed by atoms with E-state index in [0.29, 0.717) is 92.7 Å². The third-order valence-corrected chi connectivity index (χ3v) is 14.4. The van der Waals surface area contributed by atoms with Crippen molar-refractivity contribution in [3.63, 3.8) is 0 Å². The van der Waals surface area contributed by atoms with Crippen molar-refractivity contribution in [2.75, 3.05) is 39.5 Å². The highest BCUT2D eigenvalue weighted by molar-refractivity contribution is 6.18. The molecule has 4 unspecified atom stereocenters. The predicted octanol–water partition coefficient (Wildman–Crippen LogP) is 9.00. The van der Waals surface area contributed by atoms with E-state index in [1.807, 2.05) is 48.5 Å². The van der Waals surface area contributed by atoms with Gasteiger partial charge in [0, 0.05) is 34.3 Å². The zero-order chi connectivity index (χ0) is 48.1. The lowest BCUT2D eigenvalue weighted by atomic mass is 9.66. The van der Waals surface area contributed by atoms with Crippen molar-refractivity contribution in [3.8, 4) is 34.5 Å². The van der Waals surface area contributed by atoms with E-state index in [-0.39, 0.29) is 42.0 Å². The van der Waals surface area contributed by atoms with Gasteiger partial charge in [0.2, 0.25) is 0 Å². The van der Waals surface area contributed by atoms with Gasteiger partial charge < -0.3 is 50.2 Å². The average Bonchev–Trinajstić information content (AvgIpc) is 4.05. The van der Waals surface area contributed by atoms with Crippen molar-refractivity contribution in [2.24, 2.45) is 10.3 Å². The van der Waals surface area contributed by atoms with Gasteiger partial charge in [-0.2, -0.15) is 0 Å². The fraction of sp³-hybridized carbons (Fsp3) is 0.316. The van der Waals surface area contributed by atoms with Crippen LogP contribution in [0.15, 0.2) is 144 Å². The Bertz CT molecular complexity index is 2660. The van der Waals surface area contributed by atoms with Crippen LogP contribution in [0.25, 0.3) is 0 Å². The van der Waals surface area contributed by atoms with Crippen molar-refractivity contribution >= 4 is 17.2 Å². The molecule has 4 atom stereocenters. The SMILES string of the molecule is O=C(c1ccc(OCCC2CCCCN2)cc1C1(c2ccc(O)cc2)CON=C1c1ccc(O)cc1)c1ccc(OCCC2CCCCN2)cc1C1(c2ccc(O)cc2)CON=C1c1ccc(O)cc1. The largest absolute Gasteiger partial charge is 0.508 e. The minimum absolute atomic E-state index is 0.00213. The summed E-state index contributed by atoms with van der Waals surface area (Å²) in [6, 6.07) is 38.9. The Morgan fingerprint density at radius 1 is 0.529 bits per heavy atom. The summed E-state index contributed by atoms with van der Waals surface area (Å²) in [6.45, 7) is 2.86. The average molecular weight is 943 g/mol. The van der Waals surface area contributed by atoms with Gasteiger partial charge in [0.25, 0.3) is 0 Å². The Balaban J connectivity index is 1.16.